The average Bonchev–Trinajstić information content (AvgIpc) is 2.46. The summed E-state index contributed by atoms with van der Waals surface area (Å²) in [5.41, 5.74) is 0.648. The molecule has 0 fully saturated rings. The molecule has 2 aromatic rings. The Balaban J connectivity index is 2.75. The molecule has 12 heavy (non-hydrogen) atoms. The minimum Gasteiger partial charge on any atom is -0.281 e. The van der Waals surface area contributed by atoms with Gasteiger partial charge in [0, 0.05) is 6.20 Å². The van der Waals surface area contributed by atoms with Gasteiger partial charge in [-0.1, -0.05) is 11.6 Å². The van der Waals surface area contributed by atoms with Gasteiger partial charge < -0.3 is 0 Å². The first-order valence-electron chi connectivity index (χ1n) is 3.22. The Morgan fingerprint density at radius 2 is 2.25 bits per heavy atom. The number of hydrogen-bond acceptors (Lipinski definition) is 3. The number of fused-ring (bicyclic) bond motifs is 1. The van der Waals surface area contributed by atoms with Gasteiger partial charge in [0.05, 0.1) is 12.1 Å². The monoisotopic (exact) mass is 202 g/mol. The highest BCUT2D eigenvalue weighted by Gasteiger charge is 2.03. The molecule has 0 amide bonds. The Morgan fingerprint density at radius 3 is 3.00 bits per heavy atom. The average molecular weight is 203 g/mol. The number of halogens is 2. The molecule has 0 aromatic carbocycles. The van der Waals surface area contributed by atoms with E-state index in [9.17, 15) is 0 Å². The Morgan fingerprint density at radius 1 is 1.42 bits per heavy atom. The number of hydrogen-bond donors (Lipinski definition) is 0. The van der Waals surface area contributed by atoms with Crippen molar-refractivity contribution < 1.29 is 0 Å². The second-order valence-corrected chi connectivity index (χ2v) is 2.84. The molecule has 0 saturated carbocycles. The van der Waals surface area contributed by atoms with Crippen LogP contribution in [-0.2, 0) is 5.88 Å². The summed E-state index contributed by atoms with van der Waals surface area (Å²) >= 11 is 11.3. The maximum absolute atomic E-state index is 5.67. The lowest BCUT2D eigenvalue weighted by molar-refractivity contribution is 0.982. The van der Waals surface area contributed by atoms with Crippen LogP contribution >= 0.6 is 23.2 Å². The van der Waals surface area contributed by atoms with Crippen LogP contribution in [0.25, 0.3) is 5.65 Å². The molecule has 0 aliphatic heterocycles. The van der Waals surface area contributed by atoms with Crippen molar-refractivity contribution in [2.45, 2.75) is 5.88 Å². The summed E-state index contributed by atoms with van der Waals surface area (Å²) in [7, 11) is 0. The Kier molecular flexibility index (Phi) is 1.86. The van der Waals surface area contributed by atoms with Crippen LogP contribution in [0.1, 0.15) is 5.82 Å². The molecule has 62 valence electrons. The number of aromatic nitrogens is 4. The predicted molar refractivity (Wildman–Crippen MR) is 45.3 cm³/mol. The van der Waals surface area contributed by atoms with Gasteiger partial charge in [0.15, 0.2) is 11.5 Å². The molecule has 0 radical (unpaired) electrons. The number of rotatable bonds is 1. The first-order valence-corrected chi connectivity index (χ1v) is 4.13. The maximum Gasteiger partial charge on any atom is 0.179 e. The molecular weight excluding hydrogens is 199 g/mol. The lowest BCUT2D eigenvalue weighted by Gasteiger charge is -1.94. The van der Waals surface area contributed by atoms with Crippen LogP contribution in [0.15, 0.2) is 12.4 Å². The van der Waals surface area contributed by atoms with Crippen molar-refractivity contribution in [1.29, 1.82) is 0 Å². The molecule has 0 atom stereocenters. The SMILES string of the molecule is ClCc1nnc2cnc(Cl)cn12. The van der Waals surface area contributed by atoms with Crippen molar-refractivity contribution in [3.05, 3.63) is 23.4 Å². The topological polar surface area (TPSA) is 43.1 Å². The molecular formula is C6H4Cl2N4. The lowest BCUT2D eigenvalue weighted by Crippen LogP contribution is -1.91. The van der Waals surface area contributed by atoms with Crippen molar-refractivity contribution >= 4 is 28.8 Å². The Labute approximate surface area is 78.1 Å². The molecule has 2 rings (SSSR count). The largest absolute Gasteiger partial charge is 0.281 e. The van der Waals surface area contributed by atoms with Crippen LogP contribution in [0.3, 0.4) is 0 Å². The maximum atomic E-state index is 5.67. The lowest BCUT2D eigenvalue weighted by atomic mass is 10.6. The summed E-state index contributed by atoms with van der Waals surface area (Å²) in [4.78, 5) is 3.85. The first-order chi connectivity index (χ1) is 5.81. The van der Waals surface area contributed by atoms with E-state index in [0.717, 1.165) is 0 Å². The molecule has 0 saturated heterocycles. The molecule has 4 nitrogen and oxygen atoms in total. The summed E-state index contributed by atoms with van der Waals surface area (Å²) in [6.45, 7) is 0. The molecule has 0 spiro atoms. The molecule has 0 aliphatic carbocycles. The summed E-state index contributed by atoms with van der Waals surface area (Å²) < 4.78 is 1.71. The van der Waals surface area contributed by atoms with Crippen LogP contribution in [0.4, 0.5) is 0 Å². The zero-order valence-corrected chi connectivity index (χ0v) is 7.42. The van der Waals surface area contributed by atoms with Crippen LogP contribution in [0.2, 0.25) is 5.15 Å². The second kappa shape index (κ2) is 2.88. The minimum atomic E-state index is 0.307. The molecule has 2 heterocycles. The van der Waals surface area contributed by atoms with Gasteiger partial charge in [-0.05, 0) is 0 Å². The van der Waals surface area contributed by atoms with E-state index in [4.69, 9.17) is 23.2 Å². The standard InChI is InChI=1S/C6H4Cl2N4/c7-1-5-10-11-6-2-9-4(8)3-12(5)6/h2-3H,1H2. The van der Waals surface area contributed by atoms with E-state index < -0.39 is 0 Å². The summed E-state index contributed by atoms with van der Waals surface area (Å²) in [6.07, 6.45) is 3.18. The number of nitrogens with zero attached hydrogens (tertiary/aromatic N) is 4. The molecule has 0 N–H and O–H groups in total. The molecule has 2 aromatic heterocycles. The van der Waals surface area contributed by atoms with Crippen LogP contribution < -0.4 is 0 Å². The third kappa shape index (κ3) is 1.13. The van der Waals surface area contributed by atoms with Gasteiger partial charge in [-0.2, -0.15) is 0 Å². The van der Waals surface area contributed by atoms with Crippen molar-refractivity contribution in [2.75, 3.05) is 0 Å². The summed E-state index contributed by atoms with van der Waals surface area (Å²) in [5.74, 6) is 0.970. The van der Waals surface area contributed by atoms with Crippen molar-refractivity contribution in [3.63, 3.8) is 0 Å². The molecule has 6 heteroatoms. The minimum absolute atomic E-state index is 0.307. The van der Waals surface area contributed by atoms with E-state index >= 15 is 0 Å². The number of alkyl halides is 1. The zero-order valence-electron chi connectivity index (χ0n) is 5.91. The van der Waals surface area contributed by atoms with Gasteiger partial charge in [-0.25, -0.2) is 4.98 Å². The van der Waals surface area contributed by atoms with E-state index in [1.165, 1.54) is 0 Å². The molecule has 0 bridgehead atoms. The fourth-order valence-electron chi connectivity index (χ4n) is 0.917. The van der Waals surface area contributed by atoms with Gasteiger partial charge in [0.1, 0.15) is 5.15 Å². The zero-order chi connectivity index (χ0) is 8.55. The van der Waals surface area contributed by atoms with Gasteiger partial charge in [-0.15, -0.1) is 21.8 Å². The predicted octanol–water partition coefficient (Wildman–Crippen LogP) is 1.52. The van der Waals surface area contributed by atoms with E-state index in [1.54, 1.807) is 16.8 Å². The van der Waals surface area contributed by atoms with E-state index in [-0.39, 0.29) is 0 Å². The fraction of sp³-hybridized carbons (Fsp3) is 0.167. The molecule has 0 unspecified atom stereocenters. The van der Waals surface area contributed by atoms with Gasteiger partial charge in [-0.3, -0.25) is 4.40 Å². The summed E-state index contributed by atoms with van der Waals surface area (Å²) in [6, 6.07) is 0. The third-order valence-electron chi connectivity index (χ3n) is 1.45. The van der Waals surface area contributed by atoms with Crippen LogP contribution in [0, 0.1) is 0 Å². The second-order valence-electron chi connectivity index (χ2n) is 2.19. The van der Waals surface area contributed by atoms with Gasteiger partial charge >= 0.3 is 0 Å². The van der Waals surface area contributed by atoms with E-state index in [1.807, 2.05) is 0 Å². The van der Waals surface area contributed by atoms with E-state index in [2.05, 4.69) is 15.2 Å². The normalized spacial score (nSPS) is 10.8. The molecule has 0 aliphatic rings. The van der Waals surface area contributed by atoms with Gasteiger partial charge in [0.2, 0.25) is 0 Å². The highest BCUT2D eigenvalue weighted by atomic mass is 35.5. The third-order valence-corrected chi connectivity index (χ3v) is 1.89. The Bertz CT molecular complexity index is 411. The summed E-state index contributed by atoms with van der Waals surface area (Å²) in [5, 5.41) is 8.07. The highest BCUT2D eigenvalue weighted by molar-refractivity contribution is 6.29. The smallest absolute Gasteiger partial charge is 0.179 e. The quantitative estimate of drug-likeness (QED) is 0.659. The van der Waals surface area contributed by atoms with Crippen molar-refractivity contribution in [3.8, 4) is 0 Å². The van der Waals surface area contributed by atoms with Crippen LogP contribution in [-0.4, -0.2) is 19.6 Å². The first kappa shape index (κ1) is 7.76. The fourth-order valence-corrected chi connectivity index (χ4v) is 1.25. The van der Waals surface area contributed by atoms with Gasteiger partial charge in [0.25, 0.3) is 0 Å². The van der Waals surface area contributed by atoms with Crippen LogP contribution in [0.5, 0.6) is 0 Å². The Hall–Kier alpha value is -0.870. The van der Waals surface area contributed by atoms with Crippen molar-refractivity contribution in [2.24, 2.45) is 0 Å². The van der Waals surface area contributed by atoms with E-state index in [0.29, 0.717) is 22.5 Å². The highest BCUT2D eigenvalue weighted by Crippen LogP contribution is 2.08. The van der Waals surface area contributed by atoms with Crippen molar-refractivity contribution in [1.82, 2.24) is 19.6 Å².